The molecule has 0 amide bonds. The van der Waals surface area contributed by atoms with Crippen molar-refractivity contribution in [1.29, 1.82) is 0 Å². The van der Waals surface area contributed by atoms with E-state index in [0.29, 0.717) is 26.1 Å². The number of benzene rings is 1. The number of aliphatic hydroxyl groups is 1. The molecule has 1 saturated heterocycles. The Balaban J connectivity index is 1.56. The molecule has 1 aromatic carbocycles. The average Bonchev–Trinajstić information content (AvgIpc) is 2.95. The predicted molar refractivity (Wildman–Crippen MR) is 94.6 cm³/mol. The van der Waals surface area contributed by atoms with Crippen molar-refractivity contribution in [2.45, 2.75) is 31.3 Å². The van der Waals surface area contributed by atoms with Crippen molar-refractivity contribution in [3.8, 4) is 0 Å². The van der Waals surface area contributed by atoms with Gasteiger partial charge in [-0.05, 0) is 19.0 Å². The highest BCUT2D eigenvalue weighted by Crippen LogP contribution is 2.23. The summed E-state index contributed by atoms with van der Waals surface area (Å²) in [5, 5.41) is 10.4. The lowest BCUT2D eigenvalue weighted by Crippen LogP contribution is -2.39. The number of halogens is 1. The van der Waals surface area contributed by atoms with Gasteiger partial charge >= 0.3 is 0 Å². The number of hydrogen-bond donors (Lipinski definition) is 1. The van der Waals surface area contributed by atoms with Crippen LogP contribution in [0.25, 0.3) is 0 Å². The summed E-state index contributed by atoms with van der Waals surface area (Å²) in [5.74, 6) is 0. The van der Waals surface area contributed by atoms with Gasteiger partial charge in [-0.2, -0.15) is 0 Å². The third-order valence-electron chi connectivity index (χ3n) is 4.67. The smallest absolute Gasteiger partial charge is 0.115 e. The lowest BCUT2D eigenvalue weighted by atomic mass is 10.1. The summed E-state index contributed by atoms with van der Waals surface area (Å²) in [4.78, 5) is 12.3. The second kappa shape index (κ2) is 8.47. The largest absolute Gasteiger partial charge is 0.387 e. The number of rotatable bonds is 7. The van der Waals surface area contributed by atoms with Crippen molar-refractivity contribution in [2.24, 2.45) is 0 Å². The molecule has 0 unspecified atom stereocenters. The molecule has 0 spiro atoms. The van der Waals surface area contributed by atoms with Gasteiger partial charge in [-0.3, -0.25) is 4.90 Å². The number of aliphatic hydroxyl groups excluding tert-OH is 1. The minimum Gasteiger partial charge on any atom is -0.387 e. The molecule has 5 nitrogen and oxygen atoms in total. The Hall–Kier alpha value is -1.89. The SMILES string of the molecule is CN(C[C@@H]1C[C@H](F)CN1Cc1cncnc1)C[C@H](O)c1ccccc1. The number of alkyl halides is 1. The molecule has 1 aliphatic rings. The van der Waals surface area contributed by atoms with Gasteiger partial charge in [0.05, 0.1) is 6.10 Å². The van der Waals surface area contributed by atoms with Crippen LogP contribution in [0.1, 0.15) is 23.7 Å². The highest BCUT2D eigenvalue weighted by Gasteiger charge is 2.33. The summed E-state index contributed by atoms with van der Waals surface area (Å²) in [5.41, 5.74) is 1.90. The second-order valence-electron chi connectivity index (χ2n) is 6.81. The van der Waals surface area contributed by atoms with Crippen LogP contribution < -0.4 is 0 Å². The van der Waals surface area contributed by atoms with Crippen LogP contribution in [-0.4, -0.2) is 63.8 Å². The molecular formula is C19H25FN4O. The number of hydrogen-bond acceptors (Lipinski definition) is 5. The Bertz CT molecular complexity index is 642. The molecule has 0 bridgehead atoms. The van der Waals surface area contributed by atoms with Crippen LogP contribution in [0, 0.1) is 0 Å². The van der Waals surface area contributed by atoms with Gasteiger partial charge in [-0.25, -0.2) is 14.4 Å². The van der Waals surface area contributed by atoms with E-state index in [9.17, 15) is 9.50 Å². The van der Waals surface area contributed by atoms with Gasteiger partial charge in [0.2, 0.25) is 0 Å². The Kier molecular flexibility index (Phi) is 6.07. The average molecular weight is 344 g/mol. The van der Waals surface area contributed by atoms with E-state index in [2.05, 4.69) is 19.8 Å². The van der Waals surface area contributed by atoms with Crippen molar-refractivity contribution in [2.75, 3.05) is 26.7 Å². The summed E-state index contributed by atoms with van der Waals surface area (Å²) < 4.78 is 14.0. The molecule has 1 N–H and O–H groups in total. The highest BCUT2D eigenvalue weighted by atomic mass is 19.1. The molecule has 3 atom stereocenters. The van der Waals surface area contributed by atoms with E-state index in [1.54, 1.807) is 12.4 Å². The minimum atomic E-state index is -0.804. The topological polar surface area (TPSA) is 52.5 Å². The standard InChI is InChI=1S/C19H25FN4O/c1-23(13-19(25)16-5-3-2-4-6-16)12-18-7-17(20)11-24(18)10-15-8-21-14-22-9-15/h2-6,8-9,14,17-19,25H,7,10-13H2,1H3/t17-,18-,19-/m0/s1. The van der Waals surface area contributed by atoms with Crippen molar-refractivity contribution in [3.63, 3.8) is 0 Å². The molecule has 2 heterocycles. The predicted octanol–water partition coefficient (Wildman–Crippen LogP) is 2.05. The van der Waals surface area contributed by atoms with Crippen LogP contribution in [0.4, 0.5) is 4.39 Å². The molecule has 6 heteroatoms. The van der Waals surface area contributed by atoms with E-state index in [1.807, 2.05) is 37.4 Å². The van der Waals surface area contributed by atoms with Crippen LogP contribution in [0.5, 0.6) is 0 Å². The molecule has 0 saturated carbocycles. The van der Waals surface area contributed by atoms with Gasteiger partial charge in [0.15, 0.2) is 0 Å². The molecule has 3 rings (SSSR count). The Morgan fingerprint density at radius 3 is 2.72 bits per heavy atom. The maximum absolute atomic E-state index is 14.0. The number of nitrogens with zero attached hydrogens (tertiary/aromatic N) is 4. The van der Waals surface area contributed by atoms with Gasteiger partial charge in [0.1, 0.15) is 12.5 Å². The number of aromatic nitrogens is 2. The Labute approximate surface area is 148 Å². The maximum atomic E-state index is 14.0. The number of likely N-dealkylation sites (tertiary alicyclic amines) is 1. The summed E-state index contributed by atoms with van der Waals surface area (Å²) in [7, 11) is 1.97. The highest BCUT2D eigenvalue weighted by molar-refractivity contribution is 5.17. The molecule has 2 aromatic rings. The molecule has 1 fully saturated rings. The molecule has 0 aliphatic carbocycles. The van der Waals surface area contributed by atoms with E-state index in [1.165, 1.54) is 6.33 Å². The second-order valence-corrected chi connectivity index (χ2v) is 6.81. The Morgan fingerprint density at radius 1 is 1.28 bits per heavy atom. The van der Waals surface area contributed by atoms with Gasteiger partial charge in [0.25, 0.3) is 0 Å². The fourth-order valence-corrected chi connectivity index (χ4v) is 3.46. The summed E-state index contributed by atoms with van der Waals surface area (Å²) in [6.07, 6.45) is 4.24. The molecule has 0 radical (unpaired) electrons. The normalized spacial score (nSPS) is 22.4. The molecule has 1 aromatic heterocycles. The first-order chi connectivity index (χ1) is 12.1. The first-order valence-corrected chi connectivity index (χ1v) is 8.65. The molecule has 1 aliphatic heterocycles. The van der Waals surface area contributed by atoms with E-state index < -0.39 is 12.3 Å². The third kappa shape index (κ3) is 5.04. The van der Waals surface area contributed by atoms with E-state index in [-0.39, 0.29) is 6.04 Å². The number of likely N-dealkylation sites (N-methyl/N-ethyl adjacent to an activating group) is 1. The zero-order chi connectivity index (χ0) is 17.6. The lowest BCUT2D eigenvalue weighted by molar-refractivity contribution is 0.107. The van der Waals surface area contributed by atoms with Crippen molar-refractivity contribution < 1.29 is 9.50 Å². The molecule has 134 valence electrons. The van der Waals surface area contributed by atoms with Crippen molar-refractivity contribution >= 4 is 0 Å². The molecule has 25 heavy (non-hydrogen) atoms. The zero-order valence-electron chi connectivity index (χ0n) is 14.5. The fraction of sp³-hybridized carbons (Fsp3) is 0.474. The first-order valence-electron chi connectivity index (χ1n) is 8.65. The quantitative estimate of drug-likeness (QED) is 0.833. The van der Waals surface area contributed by atoms with Gasteiger partial charge in [-0.1, -0.05) is 30.3 Å². The van der Waals surface area contributed by atoms with Gasteiger partial charge in [-0.15, -0.1) is 0 Å². The minimum absolute atomic E-state index is 0.128. The molecular weight excluding hydrogens is 319 g/mol. The fourth-order valence-electron chi connectivity index (χ4n) is 3.46. The van der Waals surface area contributed by atoms with E-state index in [0.717, 1.165) is 17.7 Å². The van der Waals surface area contributed by atoms with Crippen molar-refractivity contribution in [1.82, 2.24) is 19.8 Å². The summed E-state index contributed by atoms with van der Waals surface area (Å²) >= 11 is 0. The van der Waals surface area contributed by atoms with E-state index >= 15 is 0 Å². The van der Waals surface area contributed by atoms with Crippen LogP contribution in [0.15, 0.2) is 49.1 Å². The first kappa shape index (κ1) is 17.9. The monoisotopic (exact) mass is 344 g/mol. The van der Waals surface area contributed by atoms with Crippen LogP contribution >= 0.6 is 0 Å². The maximum Gasteiger partial charge on any atom is 0.115 e. The zero-order valence-corrected chi connectivity index (χ0v) is 14.5. The summed E-state index contributed by atoms with van der Waals surface area (Å²) in [6, 6.07) is 9.76. The van der Waals surface area contributed by atoms with Crippen LogP contribution in [-0.2, 0) is 6.54 Å². The lowest BCUT2D eigenvalue weighted by Gasteiger charge is -2.29. The Morgan fingerprint density at radius 2 is 2.00 bits per heavy atom. The van der Waals surface area contributed by atoms with Crippen LogP contribution in [0.3, 0.4) is 0 Å². The van der Waals surface area contributed by atoms with E-state index in [4.69, 9.17) is 0 Å². The van der Waals surface area contributed by atoms with Gasteiger partial charge in [0, 0.05) is 50.2 Å². The third-order valence-corrected chi connectivity index (χ3v) is 4.67. The summed E-state index contributed by atoms with van der Waals surface area (Å²) in [6.45, 7) is 2.34. The van der Waals surface area contributed by atoms with Gasteiger partial charge < -0.3 is 10.0 Å². The van der Waals surface area contributed by atoms with Crippen LogP contribution in [0.2, 0.25) is 0 Å². The van der Waals surface area contributed by atoms with Crippen molar-refractivity contribution in [3.05, 3.63) is 60.2 Å².